The molecule has 0 amide bonds. The van der Waals surface area contributed by atoms with E-state index in [1.54, 1.807) is 0 Å². The van der Waals surface area contributed by atoms with Gasteiger partial charge in [0.25, 0.3) is 0 Å². The Kier molecular flexibility index (Phi) is 2.49. The minimum absolute atomic E-state index is 0.459. The van der Waals surface area contributed by atoms with E-state index in [0.717, 1.165) is 19.6 Å². The Balaban J connectivity index is 2.18. The van der Waals surface area contributed by atoms with Gasteiger partial charge in [-0.25, -0.2) is 0 Å². The summed E-state index contributed by atoms with van der Waals surface area (Å²) in [5, 5.41) is 3.36. The fourth-order valence-electron chi connectivity index (χ4n) is 0.993. The fourth-order valence-corrected chi connectivity index (χ4v) is 0.993. The Morgan fingerprint density at radius 1 is 1.67 bits per heavy atom. The molecule has 1 saturated heterocycles. The largest absolute Gasteiger partial charge is 0.375 e. The third kappa shape index (κ3) is 1.95. The van der Waals surface area contributed by atoms with E-state index in [0.29, 0.717) is 12.1 Å². The lowest BCUT2D eigenvalue weighted by Gasteiger charge is -2.27. The van der Waals surface area contributed by atoms with Crippen molar-refractivity contribution >= 4 is 0 Å². The van der Waals surface area contributed by atoms with Crippen LogP contribution in [-0.4, -0.2) is 25.3 Å². The summed E-state index contributed by atoms with van der Waals surface area (Å²) in [6.07, 6.45) is 1.58. The zero-order chi connectivity index (χ0) is 6.69. The molecule has 0 spiro atoms. The van der Waals surface area contributed by atoms with Crippen molar-refractivity contribution < 1.29 is 4.74 Å². The number of nitrogens with one attached hydrogen (secondary N) is 1. The quantitative estimate of drug-likeness (QED) is 0.564. The van der Waals surface area contributed by atoms with Gasteiger partial charge in [0.15, 0.2) is 0 Å². The maximum atomic E-state index is 5.48. The molecular weight excluding hydrogens is 114 g/mol. The van der Waals surface area contributed by atoms with Gasteiger partial charge in [-0.15, -0.1) is 0 Å². The summed E-state index contributed by atoms with van der Waals surface area (Å²) in [7, 11) is 0. The first-order chi connectivity index (χ1) is 4.33. The highest BCUT2D eigenvalue weighted by Crippen LogP contribution is 2.02. The predicted molar refractivity (Wildman–Crippen MR) is 37.5 cm³/mol. The zero-order valence-corrected chi connectivity index (χ0v) is 6.18. The van der Waals surface area contributed by atoms with Gasteiger partial charge < -0.3 is 10.1 Å². The highest BCUT2D eigenvalue weighted by Gasteiger charge is 2.14. The van der Waals surface area contributed by atoms with Gasteiger partial charge in [-0.05, 0) is 13.3 Å². The van der Waals surface area contributed by atoms with Crippen LogP contribution in [0.3, 0.4) is 0 Å². The molecule has 0 unspecified atom stereocenters. The Hall–Kier alpha value is -0.0800. The van der Waals surface area contributed by atoms with Crippen LogP contribution in [0.15, 0.2) is 0 Å². The van der Waals surface area contributed by atoms with Gasteiger partial charge in [-0.1, -0.05) is 6.92 Å². The number of morpholine rings is 1. The second-order valence-corrected chi connectivity index (χ2v) is 2.67. The molecule has 1 fully saturated rings. The molecule has 1 aliphatic heterocycles. The first-order valence-electron chi connectivity index (χ1n) is 3.68. The Morgan fingerprint density at radius 2 is 2.44 bits per heavy atom. The van der Waals surface area contributed by atoms with Crippen molar-refractivity contribution in [3.63, 3.8) is 0 Å². The molecule has 2 atom stereocenters. The van der Waals surface area contributed by atoms with E-state index >= 15 is 0 Å². The average molecular weight is 129 g/mol. The number of rotatable bonds is 1. The minimum Gasteiger partial charge on any atom is -0.375 e. The van der Waals surface area contributed by atoms with Gasteiger partial charge >= 0.3 is 0 Å². The first-order valence-corrected chi connectivity index (χ1v) is 3.68. The lowest BCUT2D eigenvalue weighted by Crippen LogP contribution is -2.44. The van der Waals surface area contributed by atoms with Crippen molar-refractivity contribution in [1.82, 2.24) is 5.32 Å². The molecule has 2 heteroatoms. The summed E-state index contributed by atoms with van der Waals surface area (Å²) in [5.74, 6) is 0. The molecule has 1 N–H and O–H groups in total. The van der Waals surface area contributed by atoms with Crippen LogP contribution >= 0.6 is 0 Å². The molecule has 0 aromatic carbocycles. The fraction of sp³-hybridized carbons (Fsp3) is 1.00. The highest BCUT2D eigenvalue weighted by molar-refractivity contribution is 4.70. The van der Waals surface area contributed by atoms with Crippen LogP contribution in [0.25, 0.3) is 0 Å². The normalized spacial score (nSPS) is 36.7. The summed E-state index contributed by atoms with van der Waals surface area (Å²) < 4.78 is 5.48. The Bertz CT molecular complexity index is 77.0. The van der Waals surface area contributed by atoms with E-state index in [-0.39, 0.29) is 0 Å². The van der Waals surface area contributed by atoms with Crippen LogP contribution in [0.5, 0.6) is 0 Å². The van der Waals surface area contributed by atoms with Gasteiger partial charge in [0.2, 0.25) is 0 Å². The van der Waals surface area contributed by atoms with Crippen molar-refractivity contribution in [3.8, 4) is 0 Å². The number of hydrogen-bond donors (Lipinski definition) is 1. The van der Waals surface area contributed by atoms with Gasteiger partial charge in [-0.3, -0.25) is 0 Å². The molecule has 1 aliphatic rings. The highest BCUT2D eigenvalue weighted by atomic mass is 16.5. The van der Waals surface area contributed by atoms with E-state index in [1.165, 1.54) is 0 Å². The van der Waals surface area contributed by atoms with Crippen molar-refractivity contribution in [2.75, 3.05) is 13.2 Å². The second kappa shape index (κ2) is 3.18. The third-order valence-corrected chi connectivity index (χ3v) is 1.73. The maximum absolute atomic E-state index is 5.48. The van der Waals surface area contributed by atoms with Gasteiger partial charge in [0.1, 0.15) is 0 Å². The van der Waals surface area contributed by atoms with Gasteiger partial charge in [-0.2, -0.15) is 0 Å². The van der Waals surface area contributed by atoms with Crippen LogP contribution in [0.1, 0.15) is 20.3 Å². The molecule has 2 nitrogen and oxygen atoms in total. The summed E-state index contributed by atoms with van der Waals surface area (Å²) in [6, 6.07) is 0.549. The monoisotopic (exact) mass is 129 g/mol. The molecule has 1 heterocycles. The molecule has 0 aliphatic carbocycles. The summed E-state index contributed by atoms with van der Waals surface area (Å²) >= 11 is 0. The van der Waals surface area contributed by atoms with Crippen LogP contribution in [-0.2, 0) is 4.74 Å². The molecule has 0 aromatic rings. The lowest BCUT2D eigenvalue weighted by molar-refractivity contribution is 0.00650. The van der Waals surface area contributed by atoms with Crippen LogP contribution in [0.2, 0.25) is 0 Å². The number of ether oxygens (including phenoxy) is 1. The van der Waals surface area contributed by atoms with Crippen LogP contribution in [0.4, 0.5) is 0 Å². The SMILES string of the molecule is CC[C@@H]1CN[C@H](C)CO1. The summed E-state index contributed by atoms with van der Waals surface area (Å²) in [4.78, 5) is 0. The molecular formula is C7H15NO. The Morgan fingerprint density at radius 3 is 2.89 bits per heavy atom. The number of hydrogen-bond acceptors (Lipinski definition) is 2. The van der Waals surface area contributed by atoms with E-state index < -0.39 is 0 Å². The van der Waals surface area contributed by atoms with Crippen molar-refractivity contribution in [2.24, 2.45) is 0 Å². The van der Waals surface area contributed by atoms with E-state index in [9.17, 15) is 0 Å². The van der Waals surface area contributed by atoms with E-state index in [1.807, 2.05) is 0 Å². The van der Waals surface area contributed by atoms with Gasteiger partial charge in [0.05, 0.1) is 12.7 Å². The lowest BCUT2D eigenvalue weighted by atomic mass is 10.2. The zero-order valence-electron chi connectivity index (χ0n) is 6.18. The summed E-state index contributed by atoms with van der Waals surface area (Å²) in [5.41, 5.74) is 0. The molecule has 9 heavy (non-hydrogen) atoms. The predicted octanol–water partition coefficient (Wildman–Crippen LogP) is 0.773. The minimum atomic E-state index is 0.459. The molecule has 0 saturated carbocycles. The van der Waals surface area contributed by atoms with Crippen molar-refractivity contribution in [2.45, 2.75) is 32.4 Å². The molecule has 54 valence electrons. The summed E-state index contributed by atoms with van der Waals surface area (Å²) in [6.45, 7) is 6.20. The molecule has 0 radical (unpaired) electrons. The van der Waals surface area contributed by atoms with E-state index in [4.69, 9.17) is 4.74 Å². The third-order valence-electron chi connectivity index (χ3n) is 1.73. The standard InChI is InChI=1S/C7H15NO/c1-3-7-4-8-6(2)5-9-7/h6-8H,3-5H2,1-2H3/t6-,7-/m1/s1. The topological polar surface area (TPSA) is 21.3 Å². The van der Waals surface area contributed by atoms with Crippen molar-refractivity contribution in [1.29, 1.82) is 0 Å². The maximum Gasteiger partial charge on any atom is 0.0697 e. The molecule has 1 rings (SSSR count). The smallest absolute Gasteiger partial charge is 0.0697 e. The molecule has 0 aromatic heterocycles. The molecule has 0 bridgehead atoms. The van der Waals surface area contributed by atoms with E-state index in [2.05, 4.69) is 19.2 Å². The second-order valence-electron chi connectivity index (χ2n) is 2.67. The van der Waals surface area contributed by atoms with Crippen molar-refractivity contribution in [3.05, 3.63) is 0 Å². The average Bonchev–Trinajstić information content (AvgIpc) is 1.90. The van der Waals surface area contributed by atoms with Crippen LogP contribution in [0, 0.1) is 0 Å². The Labute approximate surface area is 56.6 Å². The first kappa shape index (κ1) is 7.03. The van der Waals surface area contributed by atoms with Gasteiger partial charge in [0, 0.05) is 12.6 Å². The van der Waals surface area contributed by atoms with Crippen LogP contribution < -0.4 is 5.32 Å².